The van der Waals surface area contributed by atoms with E-state index in [1.54, 1.807) is 29.2 Å². The number of anilines is 1. The predicted molar refractivity (Wildman–Crippen MR) is 169 cm³/mol. The Bertz CT molecular complexity index is 1420. The summed E-state index contributed by atoms with van der Waals surface area (Å²) in [5.74, 6) is -0.451. The summed E-state index contributed by atoms with van der Waals surface area (Å²) in [7, 11) is -3.61. The third kappa shape index (κ3) is 10.2. The fraction of sp³-hybridized carbons (Fsp3) is 0.355. The van der Waals surface area contributed by atoms with Gasteiger partial charge in [-0.2, -0.15) is 0 Å². The van der Waals surface area contributed by atoms with Crippen molar-refractivity contribution in [2.24, 2.45) is 0 Å². The minimum Gasteiger partial charge on any atom is -0.352 e. The molecule has 0 saturated carbocycles. The molecule has 0 unspecified atom stereocenters. The Morgan fingerprint density at radius 2 is 1.66 bits per heavy atom. The van der Waals surface area contributed by atoms with Crippen molar-refractivity contribution in [3.8, 4) is 0 Å². The molecule has 2 atom stereocenters. The van der Waals surface area contributed by atoms with E-state index in [-0.39, 0.29) is 43.8 Å². The second kappa shape index (κ2) is 15.4. The Kier molecular flexibility index (Phi) is 12.2. The van der Waals surface area contributed by atoms with Gasteiger partial charge in [0, 0.05) is 41.5 Å². The van der Waals surface area contributed by atoms with Gasteiger partial charge in [-0.05, 0) is 61.2 Å². The van der Waals surface area contributed by atoms with Crippen LogP contribution in [0, 0.1) is 0 Å². The summed E-state index contributed by atoms with van der Waals surface area (Å²) < 4.78 is 27.3. The molecular weight excluding hydrogens is 626 g/mol. The molecule has 3 rings (SSSR count). The van der Waals surface area contributed by atoms with Crippen molar-refractivity contribution in [2.45, 2.75) is 58.2 Å². The average Bonchev–Trinajstić information content (AvgIpc) is 2.92. The van der Waals surface area contributed by atoms with E-state index in [0.29, 0.717) is 17.1 Å². The fourth-order valence-corrected chi connectivity index (χ4v) is 6.05. The first-order chi connectivity index (χ1) is 19.5. The second-order valence-corrected chi connectivity index (χ2v) is 13.4. The number of rotatable bonds is 14. The molecule has 0 aliphatic heterocycles. The lowest BCUT2D eigenvalue weighted by atomic mass is 10.0. The zero-order valence-corrected chi connectivity index (χ0v) is 26.8. The van der Waals surface area contributed by atoms with Crippen molar-refractivity contribution in [1.82, 2.24) is 10.2 Å². The van der Waals surface area contributed by atoms with Crippen molar-refractivity contribution in [3.63, 3.8) is 0 Å². The monoisotopic (exact) mass is 661 g/mol. The van der Waals surface area contributed by atoms with E-state index in [2.05, 4.69) is 21.2 Å². The summed E-state index contributed by atoms with van der Waals surface area (Å²) in [6, 6.07) is 23.1. The highest BCUT2D eigenvalue weighted by molar-refractivity contribution is 9.10. The summed E-state index contributed by atoms with van der Waals surface area (Å²) in [6.07, 6.45) is 2.56. The molecule has 3 aromatic carbocycles. The quantitative estimate of drug-likeness (QED) is 0.223. The molecule has 220 valence electrons. The van der Waals surface area contributed by atoms with E-state index in [4.69, 9.17) is 11.6 Å². The van der Waals surface area contributed by atoms with E-state index in [1.165, 1.54) is 4.31 Å². The highest BCUT2D eigenvalue weighted by Gasteiger charge is 2.31. The molecule has 10 heteroatoms. The minimum absolute atomic E-state index is 0.0513. The van der Waals surface area contributed by atoms with Gasteiger partial charge in [0.2, 0.25) is 21.8 Å². The third-order valence-electron chi connectivity index (χ3n) is 6.76. The largest absolute Gasteiger partial charge is 0.352 e. The zero-order valence-electron chi connectivity index (χ0n) is 23.6. The number of amides is 2. The van der Waals surface area contributed by atoms with E-state index in [0.717, 1.165) is 28.3 Å². The Balaban J connectivity index is 1.89. The fourth-order valence-electron chi connectivity index (χ4n) is 4.46. The number of nitrogens with one attached hydrogen (secondary N) is 1. The Labute approximate surface area is 257 Å². The van der Waals surface area contributed by atoms with Crippen molar-refractivity contribution in [1.29, 1.82) is 0 Å². The van der Waals surface area contributed by atoms with Crippen LogP contribution in [0.15, 0.2) is 83.3 Å². The Morgan fingerprint density at radius 3 is 2.29 bits per heavy atom. The number of halogens is 2. The van der Waals surface area contributed by atoms with E-state index in [1.807, 2.05) is 68.4 Å². The van der Waals surface area contributed by atoms with Gasteiger partial charge < -0.3 is 10.2 Å². The average molecular weight is 663 g/mol. The number of hydrogen-bond donors (Lipinski definition) is 1. The Hall–Kier alpha value is -2.88. The molecule has 0 aliphatic carbocycles. The van der Waals surface area contributed by atoms with Crippen LogP contribution in [0.4, 0.5) is 5.69 Å². The molecule has 0 radical (unpaired) electrons. The van der Waals surface area contributed by atoms with Gasteiger partial charge in [-0.1, -0.05) is 83.0 Å². The molecule has 0 aromatic heterocycles. The normalized spacial score (nSPS) is 12.8. The third-order valence-corrected chi connectivity index (χ3v) is 8.68. The Morgan fingerprint density at radius 1 is 0.976 bits per heavy atom. The molecule has 7 nitrogen and oxygen atoms in total. The van der Waals surface area contributed by atoms with Gasteiger partial charge in [0.25, 0.3) is 0 Å². The van der Waals surface area contributed by atoms with Gasteiger partial charge in [-0.15, -0.1) is 0 Å². The summed E-state index contributed by atoms with van der Waals surface area (Å²) in [4.78, 5) is 29.1. The van der Waals surface area contributed by atoms with Gasteiger partial charge in [0.1, 0.15) is 6.04 Å². The van der Waals surface area contributed by atoms with E-state index >= 15 is 0 Å². The van der Waals surface area contributed by atoms with Crippen LogP contribution in [0.3, 0.4) is 0 Å². The van der Waals surface area contributed by atoms with Crippen LogP contribution in [0.25, 0.3) is 0 Å². The minimum atomic E-state index is -3.61. The van der Waals surface area contributed by atoms with Crippen molar-refractivity contribution in [2.75, 3.05) is 17.1 Å². The lowest BCUT2D eigenvalue weighted by Crippen LogP contribution is -2.52. The maximum atomic E-state index is 13.9. The molecule has 0 fully saturated rings. The van der Waals surface area contributed by atoms with Crippen molar-refractivity contribution in [3.05, 3.63) is 99.5 Å². The molecule has 0 bridgehead atoms. The summed E-state index contributed by atoms with van der Waals surface area (Å²) >= 11 is 9.61. The number of carbonyl (C=O) groups excluding carboxylic acids is 2. The van der Waals surface area contributed by atoms with Crippen molar-refractivity contribution >= 4 is 55.1 Å². The maximum Gasteiger partial charge on any atom is 0.243 e. The van der Waals surface area contributed by atoms with Gasteiger partial charge >= 0.3 is 0 Å². The smallest absolute Gasteiger partial charge is 0.243 e. The highest BCUT2D eigenvalue weighted by Crippen LogP contribution is 2.23. The number of benzene rings is 3. The van der Waals surface area contributed by atoms with Gasteiger partial charge in [-0.3, -0.25) is 13.9 Å². The summed E-state index contributed by atoms with van der Waals surface area (Å²) in [5.41, 5.74) is 2.25. The van der Waals surface area contributed by atoms with Crippen LogP contribution in [0.2, 0.25) is 5.02 Å². The predicted octanol–water partition coefficient (Wildman–Crippen LogP) is 6.20. The molecule has 41 heavy (non-hydrogen) atoms. The van der Waals surface area contributed by atoms with Crippen LogP contribution in [-0.2, 0) is 32.6 Å². The van der Waals surface area contributed by atoms with Crippen LogP contribution >= 0.6 is 27.5 Å². The maximum absolute atomic E-state index is 13.9. The number of sulfonamides is 1. The lowest BCUT2D eigenvalue weighted by Gasteiger charge is -2.32. The van der Waals surface area contributed by atoms with E-state index in [9.17, 15) is 18.0 Å². The van der Waals surface area contributed by atoms with Crippen LogP contribution < -0.4 is 9.62 Å². The second-order valence-electron chi connectivity index (χ2n) is 10.1. The van der Waals surface area contributed by atoms with Gasteiger partial charge in [0.15, 0.2) is 0 Å². The molecule has 3 aromatic rings. The van der Waals surface area contributed by atoms with Crippen molar-refractivity contribution < 1.29 is 18.0 Å². The summed E-state index contributed by atoms with van der Waals surface area (Å²) in [5, 5.41) is 3.48. The standard InChI is InChI=1S/C31H37BrClN3O4S/c1-4-23(2)34-31(38)29(20-24-11-6-5-7-12-24)35(22-25-13-8-14-26(32)19-25)30(37)17-10-18-36(41(3,39)40)28-16-9-15-27(33)21-28/h5-9,11-16,19,21,23,29H,4,10,17-18,20,22H2,1-3H3,(H,34,38)/t23-,29+/m0/s1. The molecule has 0 aliphatic rings. The first kappa shape index (κ1) is 32.6. The molecular formula is C31H37BrClN3O4S. The first-order valence-corrected chi connectivity index (χ1v) is 16.6. The lowest BCUT2D eigenvalue weighted by molar-refractivity contribution is -0.141. The topological polar surface area (TPSA) is 86.8 Å². The summed E-state index contributed by atoms with van der Waals surface area (Å²) in [6.45, 7) is 4.26. The van der Waals surface area contributed by atoms with E-state index < -0.39 is 16.1 Å². The number of nitrogens with zero attached hydrogens (tertiary/aromatic N) is 2. The first-order valence-electron chi connectivity index (χ1n) is 13.6. The number of hydrogen-bond acceptors (Lipinski definition) is 4. The molecule has 0 heterocycles. The molecule has 0 spiro atoms. The van der Waals surface area contributed by atoms with Crippen LogP contribution in [0.1, 0.15) is 44.2 Å². The molecule has 1 N–H and O–H groups in total. The van der Waals surface area contributed by atoms with Gasteiger partial charge in [0.05, 0.1) is 11.9 Å². The van der Waals surface area contributed by atoms with Crippen LogP contribution in [0.5, 0.6) is 0 Å². The number of carbonyl (C=O) groups is 2. The van der Waals surface area contributed by atoms with Crippen LogP contribution in [-0.4, -0.2) is 50.0 Å². The van der Waals surface area contributed by atoms with Gasteiger partial charge in [-0.25, -0.2) is 8.42 Å². The molecule has 0 saturated heterocycles. The SMILES string of the molecule is CC[C@H](C)NC(=O)[C@@H](Cc1ccccc1)N(Cc1cccc(Br)c1)C(=O)CCCN(c1cccc(Cl)c1)S(C)(=O)=O. The zero-order chi connectivity index (χ0) is 30.0. The highest BCUT2D eigenvalue weighted by atomic mass is 79.9. The molecule has 2 amide bonds.